The van der Waals surface area contributed by atoms with Gasteiger partial charge in [0.1, 0.15) is 0 Å². The summed E-state index contributed by atoms with van der Waals surface area (Å²) in [5.74, 6) is 0.488. The average Bonchev–Trinajstić information content (AvgIpc) is 2.06. The van der Waals surface area contributed by atoms with E-state index in [9.17, 15) is 0 Å². The molecule has 0 N–H and O–H groups in total. The van der Waals surface area contributed by atoms with Crippen LogP contribution in [0.25, 0.3) is 0 Å². The largest absolute Gasteiger partial charge is 0.303 e. The summed E-state index contributed by atoms with van der Waals surface area (Å²) in [4.78, 5) is -0.149. The quantitative estimate of drug-likeness (QED) is 0.523. The average molecular weight is 229 g/mol. The van der Waals surface area contributed by atoms with Crippen molar-refractivity contribution in [1.29, 1.82) is 0 Å². The fourth-order valence-electron chi connectivity index (χ4n) is 1.80. The van der Waals surface area contributed by atoms with Gasteiger partial charge in [-0.05, 0) is 45.1 Å². The molecule has 0 fully saturated rings. The summed E-state index contributed by atoms with van der Waals surface area (Å²) in [5, 5.41) is 6.36. The van der Waals surface area contributed by atoms with Crippen LogP contribution in [-0.2, 0) is 0 Å². The summed E-state index contributed by atoms with van der Waals surface area (Å²) in [6.07, 6.45) is 4.30. The molecule has 86 valence electrons. The Bertz CT molecular complexity index is 284. The zero-order chi connectivity index (χ0) is 11.6. The molecular formula is C12H21ClN2. The first-order valence-electron chi connectivity index (χ1n) is 5.41. The predicted molar refractivity (Wildman–Crippen MR) is 67.5 cm³/mol. The Morgan fingerprint density at radius 1 is 1.47 bits per heavy atom. The fraction of sp³-hybridized carbons (Fsp3) is 0.750. The summed E-state index contributed by atoms with van der Waals surface area (Å²) in [7, 11) is 3.91. The van der Waals surface area contributed by atoms with Crippen LogP contribution in [0.2, 0.25) is 0 Å². The van der Waals surface area contributed by atoms with Gasteiger partial charge in [-0.1, -0.05) is 6.08 Å². The van der Waals surface area contributed by atoms with Crippen LogP contribution >= 0.6 is 11.6 Å². The third-order valence-corrected chi connectivity index (χ3v) is 3.20. The minimum Gasteiger partial charge on any atom is -0.303 e. The molecular weight excluding hydrogens is 208 g/mol. The highest BCUT2D eigenvalue weighted by atomic mass is 35.5. The minimum atomic E-state index is -0.149. The Morgan fingerprint density at radius 3 is 2.53 bits per heavy atom. The monoisotopic (exact) mass is 228 g/mol. The number of hydrogen-bond acceptors (Lipinski definition) is 2. The lowest BCUT2D eigenvalue weighted by Gasteiger charge is -2.31. The van der Waals surface area contributed by atoms with Gasteiger partial charge in [-0.2, -0.15) is 5.10 Å². The van der Waals surface area contributed by atoms with Crippen molar-refractivity contribution in [2.45, 2.75) is 38.5 Å². The molecule has 2 nitrogen and oxygen atoms in total. The maximum atomic E-state index is 6.36. The Balaban J connectivity index is 2.84. The Kier molecular flexibility index (Phi) is 3.82. The van der Waals surface area contributed by atoms with Gasteiger partial charge in [-0.25, -0.2) is 0 Å². The zero-order valence-corrected chi connectivity index (χ0v) is 11.1. The number of allylic oxidation sites excluding steroid dienone is 2. The fourth-order valence-corrected chi connectivity index (χ4v) is 1.96. The first-order valence-corrected chi connectivity index (χ1v) is 5.79. The molecule has 1 aliphatic carbocycles. The molecule has 0 unspecified atom stereocenters. The Hall–Kier alpha value is -0.500. The van der Waals surface area contributed by atoms with Gasteiger partial charge in [0.15, 0.2) is 0 Å². The molecule has 0 saturated carbocycles. The highest BCUT2D eigenvalue weighted by molar-refractivity contribution is 6.23. The van der Waals surface area contributed by atoms with E-state index in [0.29, 0.717) is 5.92 Å². The van der Waals surface area contributed by atoms with E-state index in [1.807, 2.05) is 19.1 Å². The normalized spacial score (nSPS) is 25.3. The van der Waals surface area contributed by atoms with Crippen LogP contribution < -0.4 is 0 Å². The summed E-state index contributed by atoms with van der Waals surface area (Å²) in [5.41, 5.74) is 2.46. The third-order valence-electron chi connectivity index (χ3n) is 2.90. The molecule has 3 heteroatoms. The van der Waals surface area contributed by atoms with Crippen LogP contribution in [0.15, 0.2) is 16.8 Å². The molecule has 1 aliphatic rings. The van der Waals surface area contributed by atoms with E-state index in [0.717, 1.165) is 12.8 Å². The number of alkyl halides is 1. The van der Waals surface area contributed by atoms with E-state index in [-0.39, 0.29) is 4.87 Å². The van der Waals surface area contributed by atoms with E-state index in [1.54, 1.807) is 0 Å². The maximum absolute atomic E-state index is 6.36. The highest BCUT2D eigenvalue weighted by Gasteiger charge is 2.30. The van der Waals surface area contributed by atoms with Gasteiger partial charge in [0, 0.05) is 19.0 Å². The van der Waals surface area contributed by atoms with E-state index in [4.69, 9.17) is 11.6 Å². The van der Waals surface area contributed by atoms with Gasteiger partial charge >= 0.3 is 0 Å². The third kappa shape index (κ3) is 3.53. The van der Waals surface area contributed by atoms with Crippen molar-refractivity contribution < 1.29 is 0 Å². The number of halogens is 1. The van der Waals surface area contributed by atoms with Gasteiger partial charge in [0.25, 0.3) is 0 Å². The molecule has 0 heterocycles. The van der Waals surface area contributed by atoms with E-state index in [1.165, 1.54) is 11.3 Å². The topological polar surface area (TPSA) is 15.6 Å². The summed E-state index contributed by atoms with van der Waals surface area (Å²) in [6, 6.07) is 0. The molecule has 0 aliphatic heterocycles. The van der Waals surface area contributed by atoms with Crippen LogP contribution in [0.3, 0.4) is 0 Å². The minimum absolute atomic E-state index is 0.149. The van der Waals surface area contributed by atoms with Crippen molar-refractivity contribution >= 4 is 17.3 Å². The zero-order valence-electron chi connectivity index (χ0n) is 10.3. The van der Waals surface area contributed by atoms with Crippen molar-refractivity contribution in [3.8, 4) is 0 Å². The maximum Gasteiger partial charge on any atom is 0.0634 e. The molecule has 15 heavy (non-hydrogen) atoms. The second-order valence-corrected chi connectivity index (χ2v) is 5.96. The van der Waals surface area contributed by atoms with Gasteiger partial charge in [0.2, 0.25) is 0 Å². The van der Waals surface area contributed by atoms with Crippen LogP contribution in [0, 0.1) is 5.92 Å². The Labute approximate surface area is 98.0 Å². The molecule has 0 aromatic rings. The van der Waals surface area contributed by atoms with Gasteiger partial charge in [-0.15, -0.1) is 11.6 Å². The number of nitrogens with zero attached hydrogens (tertiary/aromatic N) is 2. The molecule has 0 bridgehead atoms. The van der Waals surface area contributed by atoms with Crippen LogP contribution in [0.4, 0.5) is 0 Å². The van der Waals surface area contributed by atoms with Gasteiger partial charge < -0.3 is 5.01 Å². The number of rotatable bonds is 2. The molecule has 1 rings (SSSR count). The molecule has 1 atom stereocenters. The van der Waals surface area contributed by atoms with Gasteiger partial charge in [-0.3, -0.25) is 0 Å². The molecule has 0 amide bonds. The number of hydrogen-bond donors (Lipinski definition) is 0. The summed E-state index contributed by atoms with van der Waals surface area (Å²) < 4.78 is 0. The summed E-state index contributed by atoms with van der Waals surface area (Å²) in [6.45, 7) is 6.29. The first kappa shape index (κ1) is 12.6. The lowest BCUT2D eigenvalue weighted by atomic mass is 9.81. The van der Waals surface area contributed by atoms with Crippen molar-refractivity contribution in [2.24, 2.45) is 11.0 Å². The smallest absolute Gasteiger partial charge is 0.0634 e. The second kappa shape index (κ2) is 4.56. The lowest BCUT2D eigenvalue weighted by molar-refractivity contribution is 0.407. The van der Waals surface area contributed by atoms with E-state index < -0.39 is 0 Å². The van der Waals surface area contributed by atoms with Crippen LogP contribution in [0.5, 0.6) is 0 Å². The highest BCUT2D eigenvalue weighted by Crippen LogP contribution is 2.34. The molecule has 0 aromatic heterocycles. The van der Waals surface area contributed by atoms with Crippen molar-refractivity contribution in [2.75, 3.05) is 14.1 Å². The van der Waals surface area contributed by atoms with E-state index >= 15 is 0 Å². The number of hydrazone groups is 1. The first-order chi connectivity index (χ1) is 6.80. The lowest BCUT2D eigenvalue weighted by Crippen LogP contribution is -2.30. The summed E-state index contributed by atoms with van der Waals surface area (Å²) >= 11 is 6.36. The molecule has 0 saturated heterocycles. The molecule has 0 aromatic carbocycles. The molecule has 0 radical (unpaired) electrons. The van der Waals surface area contributed by atoms with Gasteiger partial charge in [0.05, 0.1) is 5.71 Å². The second-order valence-electron chi connectivity index (χ2n) is 4.98. The SMILES string of the molecule is CC1=CC[C@@H](C(C)(C)Cl)C/C1=N\N(C)C. The standard InChI is InChI=1S/C12H21ClN2/c1-9-6-7-10(12(2,3)13)8-11(9)14-15(4)5/h6,10H,7-8H2,1-5H3/b14-11+/t10-/m1/s1. The van der Waals surface area contributed by atoms with Crippen molar-refractivity contribution in [3.63, 3.8) is 0 Å². The Morgan fingerprint density at radius 2 is 2.07 bits per heavy atom. The van der Waals surface area contributed by atoms with E-state index in [2.05, 4.69) is 31.9 Å². The predicted octanol–water partition coefficient (Wildman–Crippen LogP) is 3.28. The molecule has 0 spiro atoms. The van der Waals surface area contributed by atoms with Crippen LogP contribution in [0.1, 0.15) is 33.6 Å². The van der Waals surface area contributed by atoms with Crippen molar-refractivity contribution in [1.82, 2.24) is 5.01 Å². The van der Waals surface area contributed by atoms with Crippen LogP contribution in [-0.4, -0.2) is 29.7 Å². The van der Waals surface area contributed by atoms with Crippen molar-refractivity contribution in [3.05, 3.63) is 11.6 Å².